The van der Waals surface area contributed by atoms with Crippen molar-refractivity contribution in [3.63, 3.8) is 0 Å². The molecule has 1 fully saturated rings. The summed E-state index contributed by atoms with van der Waals surface area (Å²) in [5, 5.41) is 0. The van der Waals surface area contributed by atoms with Gasteiger partial charge in [-0.3, -0.25) is 0 Å². The molecule has 2 rings (SSSR count). The lowest BCUT2D eigenvalue weighted by atomic mass is 10.1. The lowest BCUT2D eigenvalue weighted by Crippen LogP contribution is -2.27. The number of rotatable bonds is 5. The summed E-state index contributed by atoms with van der Waals surface area (Å²) in [4.78, 5) is 4.67. The zero-order valence-corrected chi connectivity index (χ0v) is 12.2. The molecule has 0 aliphatic carbocycles. The highest BCUT2D eigenvalue weighted by Crippen LogP contribution is 2.26. The molecule has 0 saturated carbocycles. The molecule has 4 heteroatoms. The Morgan fingerprint density at radius 3 is 2.84 bits per heavy atom. The third-order valence-corrected chi connectivity index (χ3v) is 3.69. The molecule has 0 radical (unpaired) electrons. The zero-order valence-electron chi connectivity index (χ0n) is 12.2. The number of nitrogens with zero attached hydrogens (tertiary/aromatic N) is 2. The number of anilines is 2. The minimum atomic E-state index is 0.667. The second-order valence-corrected chi connectivity index (χ2v) is 5.49. The predicted molar refractivity (Wildman–Crippen MR) is 80.9 cm³/mol. The second kappa shape index (κ2) is 6.15. The van der Waals surface area contributed by atoms with Crippen LogP contribution in [0, 0.1) is 5.92 Å². The molecule has 1 aromatic carbocycles. The highest BCUT2D eigenvalue weighted by molar-refractivity contribution is 5.60. The van der Waals surface area contributed by atoms with Crippen LogP contribution in [0.1, 0.15) is 13.3 Å². The summed E-state index contributed by atoms with van der Waals surface area (Å²) >= 11 is 0. The van der Waals surface area contributed by atoms with Crippen molar-refractivity contribution in [3.8, 4) is 5.75 Å². The first-order chi connectivity index (χ1) is 9.08. The molecule has 1 aliphatic heterocycles. The van der Waals surface area contributed by atoms with Crippen molar-refractivity contribution in [1.29, 1.82) is 0 Å². The minimum absolute atomic E-state index is 0.667. The van der Waals surface area contributed by atoms with E-state index in [9.17, 15) is 0 Å². The number of nitrogens with two attached hydrogens (primary N) is 1. The van der Waals surface area contributed by atoms with Gasteiger partial charge in [0, 0.05) is 43.6 Å². The van der Waals surface area contributed by atoms with Crippen LogP contribution in [0.2, 0.25) is 0 Å². The van der Waals surface area contributed by atoms with Crippen LogP contribution in [0.15, 0.2) is 18.2 Å². The molecular weight excluding hydrogens is 238 g/mol. The maximum atomic E-state index is 5.94. The molecule has 1 saturated heterocycles. The number of hydrogen-bond donors (Lipinski definition) is 1. The van der Waals surface area contributed by atoms with Crippen LogP contribution in [-0.4, -0.2) is 45.2 Å². The van der Waals surface area contributed by atoms with E-state index in [0.29, 0.717) is 6.61 Å². The zero-order chi connectivity index (χ0) is 13.8. The Morgan fingerprint density at radius 2 is 2.21 bits per heavy atom. The van der Waals surface area contributed by atoms with Gasteiger partial charge >= 0.3 is 0 Å². The Morgan fingerprint density at radius 1 is 1.42 bits per heavy atom. The third kappa shape index (κ3) is 3.77. The van der Waals surface area contributed by atoms with E-state index < -0.39 is 0 Å². The van der Waals surface area contributed by atoms with Crippen molar-refractivity contribution >= 4 is 11.4 Å². The molecule has 19 heavy (non-hydrogen) atoms. The smallest absolute Gasteiger partial charge is 0.123 e. The monoisotopic (exact) mass is 263 g/mol. The van der Waals surface area contributed by atoms with Crippen LogP contribution in [-0.2, 0) is 0 Å². The van der Waals surface area contributed by atoms with E-state index in [4.69, 9.17) is 10.5 Å². The first kappa shape index (κ1) is 14.0. The van der Waals surface area contributed by atoms with Gasteiger partial charge in [0.15, 0.2) is 0 Å². The minimum Gasteiger partial charge on any atom is -0.494 e. The van der Waals surface area contributed by atoms with E-state index in [-0.39, 0.29) is 0 Å². The van der Waals surface area contributed by atoms with Gasteiger partial charge in [-0.25, -0.2) is 0 Å². The van der Waals surface area contributed by atoms with Gasteiger partial charge in [-0.05, 0) is 38.9 Å². The van der Waals surface area contributed by atoms with Gasteiger partial charge in [0.1, 0.15) is 5.75 Å². The van der Waals surface area contributed by atoms with Crippen LogP contribution in [0.3, 0.4) is 0 Å². The lowest BCUT2D eigenvalue weighted by Gasteiger charge is -2.24. The number of likely N-dealkylation sites (tertiary alicyclic amines) is 1. The van der Waals surface area contributed by atoms with Crippen molar-refractivity contribution in [1.82, 2.24) is 4.90 Å². The Labute approximate surface area is 116 Å². The summed E-state index contributed by atoms with van der Waals surface area (Å²) in [6.45, 7) is 6.12. The Balaban J connectivity index is 2.03. The highest BCUT2D eigenvalue weighted by atomic mass is 16.5. The Bertz CT molecular complexity index is 422. The number of ether oxygens (including phenoxy) is 1. The molecule has 106 valence electrons. The highest BCUT2D eigenvalue weighted by Gasteiger charge is 2.21. The first-order valence-corrected chi connectivity index (χ1v) is 7.01. The molecule has 1 atom stereocenters. The average Bonchev–Trinajstić information content (AvgIpc) is 2.74. The fourth-order valence-electron chi connectivity index (χ4n) is 2.74. The quantitative estimate of drug-likeness (QED) is 0.826. The molecule has 1 aromatic rings. The second-order valence-electron chi connectivity index (χ2n) is 5.49. The standard InChI is InChI=1S/C15H25N3O/c1-4-19-15-8-13(16)7-14(9-15)18(3)11-12-5-6-17(2)10-12/h7-9,12H,4-6,10-11,16H2,1-3H3. The van der Waals surface area contributed by atoms with Crippen LogP contribution < -0.4 is 15.4 Å². The molecule has 1 heterocycles. The maximum absolute atomic E-state index is 5.94. The molecule has 1 aliphatic rings. The normalized spacial score (nSPS) is 19.6. The van der Waals surface area contributed by atoms with Crippen molar-refractivity contribution in [3.05, 3.63) is 18.2 Å². The van der Waals surface area contributed by atoms with Gasteiger partial charge < -0.3 is 20.3 Å². The van der Waals surface area contributed by atoms with Crippen molar-refractivity contribution in [2.24, 2.45) is 5.92 Å². The Kier molecular flexibility index (Phi) is 4.53. The summed E-state index contributed by atoms with van der Waals surface area (Å²) in [7, 11) is 4.32. The van der Waals surface area contributed by atoms with Crippen molar-refractivity contribution in [2.45, 2.75) is 13.3 Å². The van der Waals surface area contributed by atoms with Gasteiger partial charge in [0.25, 0.3) is 0 Å². The molecule has 2 N–H and O–H groups in total. The fraction of sp³-hybridized carbons (Fsp3) is 0.600. The summed E-state index contributed by atoms with van der Waals surface area (Å²) in [5.41, 5.74) is 7.84. The van der Waals surface area contributed by atoms with Gasteiger partial charge in [0.05, 0.1) is 6.61 Å². The molecule has 0 amide bonds. The van der Waals surface area contributed by atoms with E-state index in [1.165, 1.54) is 19.5 Å². The molecule has 0 aromatic heterocycles. The van der Waals surface area contributed by atoms with Crippen LogP contribution >= 0.6 is 0 Å². The summed E-state index contributed by atoms with van der Waals surface area (Å²) in [5.74, 6) is 1.60. The summed E-state index contributed by atoms with van der Waals surface area (Å²) in [6, 6.07) is 5.96. The van der Waals surface area contributed by atoms with E-state index in [1.54, 1.807) is 0 Å². The van der Waals surface area contributed by atoms with Crippen LogP contribution in [0.5, 0.6) is 5.75 Å². The Hall–Kier alpha value is -1.42. The van der Waals surface area contributed by atoms with Crippen molar-refractivity contribution in [2.75, 3.05) is 51.0 Å². The number of nitrogen functional groups attached to an aromatic ring is 1. The molecule has 4 nitrogen and oxygen atoms in total. The van der Waals surface area contributed by atoms with Gasteiger partial charge in [0.2, 0.25) is 0 Å². The first-order valence-electron chi connectivity index (χ1n) is 7.01. The van der Waals surface area contributed by atoms with E-state index in [2.05, 4.69) is 30.0 Å². The fourth-order valence-corrected chi connectivity index (χ4v) is 2.74. The van der Waals surface area contributed by atoms with Crippen LogP contribution in [0.4, 0.5) is 11.4 Å². The van der Waals surface area contributed by atoms with E-state index >= 15 is 0 Å². The third-order valence-electron chi connectivity index (χ3n) is 3.69. The average molecular weight is 263 g/mol. The SMILES string of the molecule is CCOc1cc(N)cc(N(C)CC2CCN(C)C2)c1. The molecule has 0 spiro atoms. The number of hydrogen-bond acceptors (Lipinski definition) is 4. The molecule has 1 unspecified atom stereocenters. The lowest BCUT2D eigenvalue weighted by molar-refractivity contribution is 0.340. The molecular formula is C15H25N3O. The topological polar surface area (TPSA) is 41.7 Å². The summed E-state index contributed by atoms with van der Waals surface area (Å²) < 4.78 is 5.55. The predicted octanol–water partition coefficient (Wildman–Crippen LogP) is 2.06. The van der Waals surface area contributed by atoms with E-state index in [1.807, 2.05) is 19.1 Å². The largest absolute Gasteiger partial charge is 0.494 e. The van der Waals surface area contributed by atoms with Crippen molar-refractivity contribution < 1.29 is 4.74 Å². The van der Waals surface area contributed by atoms with Gasteiger partial charge in [-0.1, -0.05) is 0 Å². The maximum Gasteiger partial charge on any atom is 0.123 e. The summed E-state index contributed by atoms with van der Waals surface area (Å²) in [6.07, 6.45) is 1.28. The molecule has 0 bridgehead atoms. The number of benzene rings is 1. The van der Waals surface area contributed by atoms with Gasteiger partial charge in [-0.15, -0.1) is 0 Å². The van der Waals surface area contributed by atoms with Gasteiger partial charge in [-0.2, -0.15) is 0 Å². The van der Waals surface area contributed by atoms with Crippen LogP contribution in [0.25, 0.3) is 0 Å². The van der Waals surface area contributed by atoms with E-state index in [0.717, 1.165) is 29.6 Å².